The zero-order valence-electron chi connectivity index (χ0n) is 11.8. The van der Waals surface area contributed by atoms with Crippen LogP contribution in [0.2, 0.25) is 0 Å². The standard InChI is InChI=1S/C13H26N2O3/c1-11(13(16)17-3)12(2)14-5-4-6-15-7-9-18-10-8-15/h11-12,14H,4-10H2,1-3H3. The first-order chi connectivity index (χ1) is 8.65. The molecule has 0 amide bonds. The molecule has 0 aromatic carbocycles. The molecule has 1 fully saturated rings. The summed E-state index contributed by atoms with van der Waals surface area (Å²) < 4.78 is 10.0. The second kappa shape index (κ2) is 8.45. The Morgan fingerprint density at radius 2 is 2.06 bits per heavy atom. The summed E-state index contributed by atoms with van der Waals surface area (Å²) in [7, 11) is 1.43. The molecule has 1 aliphatic heterocycles. The molecule has 0 aromatic rings. The van der Waals surface area contributed by atoms with Crippen molar-refractivity contribution in [2.45, 2.75) is 26.3 Å². The molecular weight excluding hydrogens is 232 g/mol. The lowest BCUT2D eigenvalue weighted by atomic mass is 10.0. The molecule has 0 spiro atoms. The maximum Gasteiger partial charge on any atom is 0.309 e. The summed E-state index contributed by atoms with van der Waals surface area (Å²) in [6.07, 6.45) is 1.10. The largest absolute Gasteiger partial charge is 0.469 e. The fourth-order valence-corrected chi connectivity index (χ4v) is 2.02. The van der Waals surface area contributed by atoms with E-state index in [1.54, 1.807) is 0 Å². The topological polar surface area (TPSA) is 50.8 Å². The highest BCUT2D eigenvalue weighted by Crippen LogP contribution is 2.04. The van der Waals surface area contributed by atoms with Gasteiger partial charge in [-0.3, -0.25) is 9.69 Å². The van der Waals surface area contributed by atoms with Gasteiger partial charge in [0.2, 0.25) is 0 Å². The van der Waals surface area contributed by atoms with Gasteiger partial charge in [0.25, 0.3) is 0 Å². The van der Waals surface area contributed by atoms with Crippen LogP contribution in [0.5, 0.6) is 0 Å². The van der Waals surface area contributed by atoms with Crippen LogP contribution in [0.3, 0.4) is 0 Å². The van der Waals surface area contributed by atoms with Crippen LogP contribution in [-0.2, 0) is 14.3 Å². The Morgan fingerprint density at radius 1 is 1.39 bits per heavy atom. The monoisotopic (exact) mass is 258 g/mol. The summed E-state index contributed by atoms with van der Waals surface area (Å²) >= 11 is 0. The highest BCUT2D eigenvalue weighted by atomic mass is 16.5. The first kappa shape index (κ1) is 15.4. The molecule has 1 saturated heterocycles. The molecule has 0 bridgehead atoms. The second-order valence-electron chi connectivity index (χ2n) is 4.86. The number of rotatable bonds is 7. The van der Waals surface area contributed by atoms with Gasteiger partial charge < -0.3 is 14.8 Å². The van der Waals surface area contributed by atoms with Gasteiger partial charge in [-0.25, -0.2) is 0 Å². The lowest BCUT2D eigenvalue weighted by Gasteiger charge is -2.27. The quantitative estimate of drug-likeness (QED) is 0.532. The van der Waals surface area contributed by atoms with E-state index in [1.807, 2.05) is 13.8 Å². The van der Waals surface area contributed by atoms with Gasteiger partial charge in [-0.1, -0.05) is 6.92 Å². The number of esters is 1. The summed E-state index contributed by atoms with van der Waals surface area (Å²) in [5.41, 5.74) is 0. The lowest BCUT2D eigenvalue weighted by molar-refractivity contribution is -0.145. The predicted molar refractivity (Wildman–Crippen MR) is 70.5 cm³/mol. The fourth-order valence-electron chi connectivity index (χ4n) is 2.02. The highest BCUT2D eigenvalue weighted by Gasteiger charge is 2.20. The number of carbonyl (C=O) groups is 1. The van der Waals surface area contributed by atoms with E-state index in [1.165, 1.54) is 7.11 Å². The number of hydrogen-bond donors (Lipinski definition) is 1. The SMILES string of the molecule is COC(=O)C(C)C(C)NCCCN1CCOCC1. The molecule has 0 radical (unpaired) electrons. The van der Waals surface area contributed by atoms with Crippen LogP contribution in [0.4, 0.5) is 0 Å². The maximum atomic E-state index is 11.3. The molecule has 0 aliphatic carbocycles. The maximum absolute atomic E-state index is 11.3. The summed E-state index contributed by atoms with van der Waals surface area (Å²) in [6.45, 7) is 9.71. The molecule has 2 atom stereocenters. The van der Waals surface area contributed by atoms with E-state index in [0.29, 0.717) is 0 Å². The Balaban J connectivity index is 2.07. The van der Waals surface area contributed by atoms with E-state index in [-0.39, 0.29) is 17.9 Å². The van der Waals surface area contributed by atoms with E-state index in [9.17, 15) is 4.79 Å². The molecule has 18 heavy (non-hydrogen) atoms. The fraction of sp³-hybridized carbons (Fsp3) is 0.923. The average Bonchev–Trinajstić information content (AvgIpc) is 2.42. The van der Waals surface area contributed by atoms with E-state index in [2.05, 4.69) is 10.2 Å². The Labute approximate surface area is 110 Å². The van der Waals surface area contributed by atoms with Crippen LogP contribution in [0.15, 0.2) is 0 Å². The number of nitrogens with zero attached hydrogens (tertiary/aromatic N) is 1. The first-order valence-electron chi connectivity index (χ1n) is 6.76. The average molecular weight is 258 g/mol. The minimum Gasteiger partial charge on any atom is -0.469 e. The molecule has 0 aromatic heterocycles. The van der Waals surface area contributed by atoms with Crippen LogP contribution in [0.1, 0.15) is 20.3 Å². The van der Waals surface area contributed by atoms with Gasteiger partial charge in [0.05, 0.1) is 26.2 Å². The van der Waals surface area contributed by atoms with Crippen molar-refractivity contribution in [3.05, 3.63) is 0 Å². The minimum absolute atomic E-state index is 0.0987. The highest BCUT2D eigenvalue weighted by molar-refractivity contribution is 5.72. The normalized spacial score (nSPS) is 20.4. The molecular formula is C13H26N2O3. The van der Waals surface area contributed by atoms with Gasteiger partial charge in [0, 0.05) is 19.1 Å². The van der Waals surface area contributed by atoms with Crippen LogP contribution < -0.4 is 5.32 Å². The van der Waals surface area contributed by atoms with E-state index in [4.69, 9.17) is 9.47 Å². The Hall–Kier alpha value is -0.650. The zero-order chi connectivity index (χ0) is 13.4. The van der Waals surface area contributed by atoms with Crippen molar-refractivity contribution in [2.75, 3.05) is 46.5 Å². The number of ether oxygens (including phenoxy) is 2. The van der Waals surface area contributed by atoms with Crippen LogP contribution in [-0.4, -0.2) is 63.4 Å². The number of morpholine rings is 1. The van der Waals surface area contributed by atoms with Gasteiger partial charge in [-0.05, 0) is 26.4 Å². The zero-order valence-corrected chi connectivity index (χ0v) is 11.8. The van der Waals surface area contributed by atoms with E-state index >= 15 is 0 Å². The van der Waals surface area contributed by atoms with Crippen LogP contribution >= 0.6 is 0 Å². The molecule has 1 aliphatic rings. The van der Waals surface area contributed by atoms with Crippen molar-refractivity contribution >= 4 is 5.97 Å². The lowest BCUT2D eigenvalue weighted by Crippen LogP contribution is -2.40. The predicted octanol–water partition coefficient (Wildman–Crippen LogP) is 0.496. The number of carbonyl (C=O) groups excluding carboxylic acids is 1. The number of hydrogen-bond acceptors (Lipinski definition) is 5. The smallest absolute Gasteiger partial charge is 0.309 e. The summed E-state index contributed by atoms with van der Waals surface area (Å²) in [6, 6.07) is 0.155. The minimum atomic E-state index is -0.150. The second-order valence-corrected chi connectivity index (χ2v) is 4.86. The molecule has 1 heterocycles. The van der Waals surface area contributed by atoms with E-state index < -0.39 is 0 Å². The van der Waals surface area contributed by atoms with Crippen LogP contribution in [0.25, 0.3) is 0 Å². The van der Waals surface area contributed by atoms with Crippen molar-refractivity contribution in [1.29, 1.82) is 0 Å². The van der Waals surface area contributed by atoms with Crippen molar-refractivity contribution in [3.63, 3.8) is 0 Å². The molecule has 0 saturated carbocycles. The summed E-state index contributed by atoms with van der Waals surface area (Å²) in [5, 5.41) is 3.38. The Morgan fingerprint density at radius 3 is 2.67 bits per heavy atom. The van der Waals surface area contributed by atoms with Crippen molar-refractivity contribution < 1.29 is 14.3 Å². The number of methoxy groups -OCH3 is 1. The van der Waals surface area contributed by atoms with Gasteiger partial charge in [0.1, 0.15) is 0 Å². The molecule has 1 rings (SSSR count). The van der Waals surface area contributed by atoms with Gasteiger partial charge >= 0.3 is 5.97 Å². The number of nitrogens with one attached hydrogen (secondary N) is 1. The van der Waals surface area contributed by atoms with Gasteiger partial charge in [-0.2, -0.15) is 0 Å². The molecule has 2 unspecified atom stereocenters. The Bertz CT molecular complexity index is 242. The molecule has 5 nitrogen and oxygen atoms in total. The van der Waals surface area contributed by atoms with Gasteiger partial charge in [-0.15, -0.1) is 0 Å². The molecule has 5 heteroatoms. The molecule has 1 N–H and O–H groups in total. The first-order valence-corrected chi connectivity index (χ1v) is 6.76. The van der Waals surface area contributed by atoms with Crippen molar-refractivity contribution in [3.8, 4) is 0 Å². The van der Waals surface area contributed by atoms with Crippen LogP contribution in [0, 0.1) is 5.92 Å². The third-order valence-corrected chi connectivity index (χ3v) is 3.54. The van der Waals surface area contributed by atoms with Crippen molar-refractivity contribution in [2.24, 2.45) is 5.92 Å². The third-order valence-electron chi connectivity index (χ3n) is 3.54. The van der Waals surface area contributed by atoms with Gasteiger partial charge in [0.15, 0.2) is 0 Å². The Kier molecular flexibility index (Phi) is 7.23. The summed E-state index contributed by atoms with van der Waals surface area (Å²) in [5.74, 6) is -0.249. The van der Waals surface area contributed by atoms with E-state index in [0.717, 1.165) is 45.8 Å². The van der Waals surface area contributed by atoms with Crippen molar-refractivity contribution in [1.82, 2.24) is 10.2 Å². The summed E-state index contributed by atoms with van der Waals surface area (Å²) in [4.78, 5) is 13.8. The third kappa shape index (κ3) is 5.33. The molecule has 106 valence electrons.